The Labute approximate surface area is 139 Å². The van der Waals surface area contributed by atoms with Crippen LogP contribution in [0.2, 0.25) is 0 Å². The van der Waals surface area contributed by atoms with Crippen molar-refractivity contribution in [2.75, 3.05) is 21.3 Å². The number of carbonyl (C=O) groups is 1. The van der Waals surface area contributed by atoms with E-state index < -0.39 is 5.97 Å². The van der Waals surface area contributed by atoms with Gasteiger partial charge in [-0.15, -0.1) is 0 Å². The Hall–Kier alpha value is -2.95. The molecule has 0 aliphatic heterocycles. The number of carboxylic acid groups (broad SMARTS) is 1. The van der Waals surface area contributed by atoms with Gasteiger partial charge in [-0.2, -0.15) is 0 Å². The SMILES string of the molecule is COc1cc2cc(C(=O)O)c3cc(OC)c(OC)cc3c2cc1C. The number of carboxylic acids is 1. The second-order valence-electron chi connectivity index (χ2n) is 5.53. The molecule has 0 aliphatic carbocycles. The summed E-state index contributed by atoms with van der Waals surface area (Å²) in [7, 11) is 4.68. The normalized spacial score (nSPS) is 10.8. The number of ether oxygens (including phenoxy) is 3. The molecule has 0 unspecified atom stereocenters. The summed E-state index contributed by atoms with van der Waals surface area (Å²) < 4.78 is 16.0. The minimum Gasteiger partial charge on any atom is -0.496 e. The first kappa shape index (κ1) is 15.9. The van der Waals surface area contributed by atoms with Crippen LogP contribution in [-0.4, -0.2) is 32.4 Å². The summed E-state index contributed by atoms with van der Waals surface area (Å²) in [6.07, 6.45) is 0. The van der Waals surface area contributed by atoms with Crippen LogP contribution in [-0.2, 0) is 0 Å². The van der Waals surface area contributed by atoms with Crippen molar-refractivity contribution < 1.29 is 24.1 Å². The molecule has 5 nitrogen and oxygen atoms in total. The molecule has 124 valence electrons. The molecule has 24 heavy (non-hydrogen) atoms. The van der Waals surface area contributed by atoms with Gasteiger partial charge < -0.3 is 19.3 Å². The maximum Gasteiger partial charge on any atom is 0.336 e. The Kier molecular flexibility index (Phi) is 3.93. The van der Waals surface area contributed by atoms with E-state index >= 15 is 0 Å². The van der Waals surface area contributed by atoms with Gasteiger partial charge in [0.05, 0.1) is 26.9 Å². The molecule has 0 saturated heterocycles. The number of benzene rings is 3. The molecule has 0 saturated carbocycles. The van der Waals surface area contributed by atoms with Crippen molar-refractivity contribution in [3.8, 4) is 17.2 Å². The number of hydrogen-bond acceptors (Lipinski definition) is 4. The van der Waals surface area contributed by atoms with Gasteiger partial charge in [0.1, 0.15) is 5.75 Å². The predicted octanol–water partition coefficient (Wildman–Crippen LogP) is 4.03. The third kappa shape index (κ3) is 2.38. The van der Waals surface area contributed by atoms with E-state index in [1.807, 2.05) is 25.1 Å². The van der Waals surface area contributed by atoms with Gasteiger partial charge in [-0.3, -0.25) is 0 Å². The quantitative estimate of drug-likeness (QED) is 0.733. The molecular formula is C19H18O5. The van der Waals surface area contributed by atoms with Crippen LogP contribution >= 0.6 is 0 Å². The largest absolute Gasteiger partial charge is 0.496 e. The third-order valence-electron chi connectivity index (χ3n) is 4.20. The van der Waals surface area contributed by atoms with Crippen LogP contribution in [0.5, 0.6) is 17.2 Å². The fourth-order valence-corrected chi connectivity index (χ4v) is 3.01. The van der Waals surface area contributed by atoms with E-state index in [1.165, 1.54) is 7.11 Å². The molecule has 3 aromatic carbocycles. The Morgan fingerprint density at radius 1 is 0.792 bits per heavy atom. The van der Waals surface area contributed by atoms with Gasteiger partial charge >= 0.3 is 5.97 Å². The summed E-state index contributed by atoms with van der Waals surface area (Å²) in [5.74, 6) is 0.784. The molecular weight excluding hydrogens is 308 g/mol. The summed E-state index contributed by atoms with van der Waals surface area (Å²) in [5, 5.41) is 12.8. The predicted molar refractivity (Wildman–Crippen MR) is 92.8 cm³/mol. The molecule has 0 amide bonds. The van der Waals surface area contributed by atoms with Crippen LogP contribution in [0.1, 0.15) is 15.9 Å². The fraction of sp³-hybridized carbons (Fsp3) is 0.211. The molecule has 5 heteroatoms. The molecule has 3 rings (SSSR count). The van der Waals surface area contributed by atoms with Crippen LogP contribution < -0.4 is 14.2 Å². The second kappa shape index (κ2) is 5.92. The Balaban J connectivity index is 2.52. The molecule has 0 aromatic heterocycles. The average Bonchev–Trinajstić information content (AvgIpc) is 2.59. The smallest absolute Gasteiger partial charge is 0.336 e. The van der Waals surface area contributed by atoms with Crippen LogP contribution in [0.4, 0.5) is 0 Å². The van der Waals surface area contributed by atoms with Gasteiger partial charge in [0.2, 0.25) is 0 Å². The molecule has 0 spiro atoms. The lowest BCUT2D eigenvalue weighted by molar-refractivity contribution is 0.0699. The summed E-state index contributed by atoms with van der Waals surface area (Å²) in [4.78, 5) is 11.7. The van der Waals surface area contributed by atoms with E-state index in [-0.39, 0.29) is 5.56 Å². The van der Waals surface area contributed by atoms with Gasteiger partial charge in [0, 0.05) is 5.39 Å². The van der Waals surface area contributed by atoms with Crippen molar-refractivity contribution in [2.45, 2.75) is 6.92 Å². The molecule has 0 atom stereocenters. The summed E-state index contributed by atoms with van der Waals surface area (Å²) in [6, 6.07) is 9.03. The molecule has 0 aliphatic rings. The first-order valence-electron chi connectivity index (χ1n) is 7.40. The standard InChI is InChI=1S/C19H18O5/c1-10-5-12-11(7-16(10)22-2)6-15(19(20)21)14-9-18(24-4)17(23-3)8-13(12)14/h5-9H,1-4H3,(H,20,21). The molecule has 0 radical (unpaired) electrons. The maximum absolute atomic E-state index is 11.7. The molecule has 1 N–H and O–H groups in total. The fourth-order valence-electron chi connectivity index (χ4n) is 3.01. The highest BCUT2D eigenvalue weighted by atomic mass is 16.5. The van der Waals surface area contributed by atoms with Gasteiger partial charge in [0.25, 0.3) is 0 Å². The van der Waals surface area contributed by atoms with E-state index in [1.54, 1.807) is 26.4 Å². The van der Waals surface area contributed by atoms with Crippen molar-refractivity contribution in [3.63, 3.8) is 0 Å². The highest BCUT2D eigenvalue weighted by Crippen LogP contribution is 2.39. The number of methoxy groups -OCH3 is 3. The Morgan fingerprint density at radius 2 is 1.38 bits per heavy atom. The molecule has 0 fully saturated rings. The zero-order chi connectivity index (χ0) is 17.4. The van der Waals surface area contributed by atoms with E-state index in [0.717, 1.165) is 27.5 Å². The van der Waals surface area contributed by atoms with Gasteiger partial charge in [-0.1, -0.05) is 0 Å². The lowest BCUT2D eigenvalue weighted by Crippen LogP contribution is -2.00. The summed E-state index contributed by atoms with van der Waals surface area (Å²) >= 11 is 0. The van der Waals surface area contributed by atoms with E-state index in [2.05, 4.69) is 0 Å². The highest BCUT2D eigenvalue weighted by Gasteiger charge is 2.17. The number of fused-ring (bicyclic) bond motifs is 3. The zero-order valence-corrected chi connectivity index (χ0v) is 14.0. The van der Waals surface area contributed by atoms with E-state index in [4.69, 9.17) is 14.2 Å². The van der Waals surface area contributed by atoms with Gasteiger partial charge in [0.15, 0.2) is 11.5 Å². The minimum atomic E-state index is -0.992. The van der Waals surface area contributed by atoms with Crippen LogP contribution in [0.3, 0.4) is 0 Å². The Morgan fingerprint density at radius 3 is 1.92 bits per heavy atom. The number of rotatable bonds is 4. The van der Waals surface area contributed by atoms with E-state index in [9.17, 15) is 9.90 Å². The summed E-state index contributed by atoms with van der Waals surface area (Å²) in [5.41, 5.74) is 1.19. The van der Waals surface area contributed by atoms with E-state index in [0.29, 0.717) is 16.9 Å². The molecule has 0 bridgehead atoms. The average molecular weight is 326 g/mol. The van der Waals surface area contributed by atoms with Gasteiger partial charge in [-0.05, 0) is 59.0 Å². The molecule has 0 heterocycles. The monoisotopic (exact) mass is 326 g/mol. The van der Waals surface area contributed by atoms with Crippen LogP contribution in [0, 0.1) is 6.92 Å². The van der Waals surface area contributed by atoms with Crippen molar-refractivity contribution in [3.05, 3.63) is 41.5 Å². The first-order chi connectivity index (χ1) is 11.5. The summed E-state index contributed by atoms with van der Waals surface area (Å²) in [6.45, 7) is 1.95. The number of aryl methyl sites for hydroxylation is 1. The van der Waals surface area contributed by atoms with Gasteiger partial charge in [-0.25, -0.2) is 4.79 Å². The van der Waals surface area contributed by atoms with Crippen molar-refractivity contribution in [1.29, 1.82) is 0 Å². The first-order valence-corrected chi connectivity index (χ1v) is 7.40. The lowest BCUT2D eigenvalue weighted by Gasteiger charge is -2.14. The minimum absolute atomic E-state index is 0.212. The van der Waals surface area contributed by atoms with Crippen molar-refractivity contribution in [1.82, 2.24) is 0 Å². The Bertz CT molecular complexity index is 959. The van der Waals surface area contributed by atoms with Crippen molar-refractivity contribution in [2.24, 2.45) is 0 Å². The van der Waals surface area contributed by atoms with Crippen LogP contribution in [0.25, 0.3) is 21.5 Å². The lowest BCUT2D eigenvalue weighted by atomic mass is 9.95. The second-order valence-corrected chi connectivity index (χ2v) is 5.53. The highest BCUT2D eigenvalue weighted by molar-refractivity contribution is 6.16. The topological polar surface area (TPSA) is 65.0 Å². The van der Waals surface area contributed by atoms with Crippen molar-refractivity contribution >= 4 is 27.5 Å². The zero-order valence-electron chi connectivity index (χ0n) is 14.0. The number of hydrogen-bond donors (Lipinski definition) is 1. The third-order valence-corrected chi connectivity index (χ3v) is 4.20. The molecule has 3 aromatic rings. The maximum atomic E-state index is 11.7. The van der Waals surface area contributed by atoms with Crippen LogP contribution in [0.15, 0.2) is 30.3 Å². The number of aromatic carboxylic acids is 1.